The van der Waals surface area contributed by atoms with Gasteiger partial charge < -0.3 is 10.2 Å². The summed E-state index contributed by atoms with van der Waals surface area (Å²) in [7, 11) is 0. The molecule has 2 unspecified atom stereocenters. The fourth-order valence-corrected chi connectivity index (χ4v) is 2.86. The van der Waals surface area contributed by atoms with E-state index in [-0.39, 0.29) is 0 Å². The standard InChI is InChI=1S/C15H32N2/c1-4-6-11-17(5-2)12-10-16-15-9-7-8-14(3)13-15/h14-16H,4-13H2,1-3H3. The number of nitrogens with zero attached hydrogens (tertiary/aromatic N) is 1. The van der Waals surface area contributed by atoms with Crippen LogP contribution in [0.25, 0.3) is 0 Å². The Labute approximate surface area is 108 Å². The van der Waals surface area contributed by atoms with E-state index < -0.39 is 0 Å². The van der Waals surface area contributed by atoms with Gasteiger partial charge in [-0.15, -0.1) is 0 Å². The summed E-state index contributed by atoms with van der Waals surface area (Å²) in [5.74, 6) is 0.934. The lowest BCUT2D eigenvalue weighted by atomic mass is 9.87. The van der Waals surface area contributed by atoms with Gasteiger partial charge in [-0.1, -0.05) is 40.0 Å². The van der Waals surface area contributed by atoms with Crippen LogP contribution in [-0.2, 0) is 0 Å². The molecule has 0 aromatic rings. The second kappa shape index (κ2) is 8.93. The highest BCUT2D eigenvalue weighted by Gasteiger charge is 2.17. The predicted molar refractivity (Wildman–Crippen MR) is 76.4 cm³/mol. The molecule has 2 nitrogen and oxygen atoms in total. The molecule has 2 atom stereocenters. The Morgan fingerprint density at radius 2 is 2.00 bits per heavy atom. The van der Waals surface area contributed by atoms with Crippen LogP contribution in [-0.4, -0.2) is 37.1 Å². The molecule has 1 aliphatic carbocycles. The van der Waals surface area contributed by atoms with Gasteiger partial charge in [0.1, 0.15) is 0 Å². The van der Waals surface area contributed by atoms with E-state index >= 15 is 0 Å². The maximum Gasteiger partial charge on any atom is 0.0107 e. The molecule has 1 fully saturated rings. The summed E-state index contributed by atoms with van der Waals surface area (Å²) in [6.07, 6.45) is 8.30. The average Bonchev–Trinajstić information content (AvgIpc) is 2.33. The number of rotatable bonds is 8. The molecule has 2 heteroatoms. The van der Waals surface area contributed by atoms with Gasteiger partial charge in [0.2, 0.25) is 0 Å². The van der Waals surface area contributed by atoms with Crippen molar-refractivity contribution < 1.29 is 0 Å². The molecule has 0 heterocycles. The number of hydrogen-bond donors (Lipinski definition) is 1. The quantitative estimate of drug-likeness (QED) is 0.700. The van der Waals surface area contributed by atoms with Crippen molar-refractivity contribution in [1.29, 1.82) is 0 Å². The zero-order valence-electron chi connectivity index (χ0n) is 12.2. The minimum Gasteiger partial charge on any atom is -0.313 e. The molecule has 0 amide bonds. The number of nitrogens with one attached hydrogen (secondary N) is 1. The molecule has 0 bridgehead atoms. The number of unbranched alkanes of at least 4 members (excludes halogenated alkanes) is 1. The van der Waals surface area contributed by atoms with Crippen LogP contribution in [0.1, 0.15) is 59.3 Å². The highest BCUT2D eigenvalue weighted by Crippen LogP contribution is 2.23. The van der Waals surface area contributed by atoms with Crippen molar-refractivity contribution in [2.45, 2.75) is 65.3 Å². The first-order valence-electron chi connectivity index (χ1n) is 7.72. The molecule has 1 N–H and O–H groups in total. The van der Waals surface area contributed by atoms with Gasteiger partial charge in [0, 0.05) is 19.1 Å². The Morgan fingerprint density at radius 1 is 1.18 bits per heavy atom. The van der Waals surface area contributed by atoms with Crippen molar-refractivity contribution in [3.8, 4) is 0 Å². The molecule has 1 aliphatic rings. The normalized spacial score (nSPS) is 25.4. The average molecular weight is 240 g/mol. The summed E-state index contributed by atoms with van der Waals surface area (Å²) in [6, 6.07) is 0.795. The Morgan fingerprint density at radius 3 is 2.65 bits per heavy atom. The third-order valence-corrected chi connectivity index (χ3v) is 4.07. The molecule has 1 rings (SSSR count). The fourth-order valence-electron chi connectivity index (χ4n) is 2.86. The van der Waals surface area contributed by atoms with Gasteiger partial charge in [0.15, 0.2) is 0 Å². The molecule has 0 saturated heterocycles. The van der Waals surface area contributed by atoms with Crippen molar-refractivity contribution in [3.05, 3.63) is 0 Å². The first-order chi connectivity index (χ1) is 8.26. The van der Waals surface area contributed by atoms with Crippen molar-refractivity contribution in [2.24, 2.45) is 5.92 Å². The molecule has 0 aromatic heterocycles. The minimum absolute atomic E-state index is 0.795. The molecular formula is C15H32N2. The van der Waals surface area contributed by atoms with Crippen LogP contribution < -0.4 is 5.32 Å². The molecular weight excluding hydrogens is 208 g/mol. The highest BCUT2D eigenvalue weighted by molar-refractivity contribution is 4.76. The van der Waals surface area contributed by atoms with E-state index in [9.17, 15) is 0 Å². The first-order valence-corrected chi connectivity index (χ1v) is 7.72. The molecule has 0 aliphatic heterocycles. The summed E-state index contributed by atoms with van der Waals surface area (Å²) >= 11 is 0. The van der Waals surface area contributed by atoms with E-state index in [0.29, 0.717) is 0 Å². The van der Waals surface area contributed by atoms with E-state index in [4.69, 9.17) is 0 Å². The van der Waals surface area contributed by atoms with E-state index in [1.807, 2.05) is 0 Å². The zero-order valence-corrected chi connectivity index (χ0v) is 12.2. The van der Waals surface area contributed by atoms with Gasteiger partial charge >= 0.3 is 0 Å². The summed E-state index contributed by atoms with van der Waals surface area (Å²) in [5.41, 5.74) is 0. The Hall–Kier alpha value is -0.0800. The van der Waals surface area contributed by atoms with Gasteiger partial charge in [0.25, 0.3) is 0 Å². The molecule has 0 spiro atoms. The highest BCUT2D eigenvalue weighted by atomic mass is 15.1. The number of hydrogen-bond acceptors (Lipinski definition) is 2. The van der Waals surface area contributed by atoms with Gasteiger partial charge in [-0.2, -0.15) is 0 Å². The molecule has 1 saturated carbocycles. The fraction of sp³-hybridized carbons (Fsp3) is 1.00. The topological polar surface area (TPSA) is 15.3 Å². The van der Waals surface area contributed by atoms with Crippen molar-refractivity contribution >= 4 is 0 Å². The smallest absolute Gasteiger partial charge is 0.0107 e. The maximum absolute atomic E-state index is 3.75. The largest absolute Gasteiger partial charge is 0.313 e. The van der Waals surface area contributed by atoms with Gasteiger partial charge in [-0.25, -0.2) is 0 Å². The lowest BCUT2D eigenvalue weighted by Gasteiger charge is -2.29. The summed E-state index contributed by atoms with van der Waals surface area (Å²) in [5, 5.41) is 3.75. The Balaban J connectivity index is 2.08. The van der Waals surface area contributed by atoms with Crippen LogP contribution >= 0.6 is 0 Å². The maximum atomic E-state index is 3.75. The Bertz CT molecular complexity index is 182. The Kier molecular flexibility index (Phi) is 7.87. The SMILES string of the molecule is CCCCN(CC)CCNC1CCCC(C)C1. The first kappa shape index (κ1) is 15.0. The van der Waals surface area contributed by atoms with Gasteiger partial charge in [-0.3, -0.25) is 0 Å². The predicted octanol–water partition coefficient (Wildman–Crippen LogP) is 3.28. The van der Waals surface area contributed by atoms with E-state index in [0.717, 1.165) is 12.0 Å². The second-order valence-electron chi connectivity index (χ2n) is 5.71. The zero-order chi connectivity index (χ0) is 12.5. The number of likely N-dealkylation sites (N-methyl/N-ethyl adjacent to an activating group) is 1. The third kappa shape index (κ3) is 6.42. The van der Waals surface area contributed by atoms with Crippen molar-refractivity contribution in [3.63, 3.8) is 0 Å². The van der Waals surface area contributed by atoms with E-state index in [2.05, 4.69) is 31.0 Å². The summed E-state index contributed by atoms with van der Waals surface area (Å²) in [6.45, 7) is 11.8. The molecule has 0 aromatic carbocycles. The van der Waals surface area contributed by atoms with Crippen molar-refractivity contribution in [1.82, 2.24) is 10.2 Å². The third-order valence-electron chi connectivity index (χ3n) is 4.07. The monoisotopic (exact) mass is 240 g/mol. The molecule has 102 valence electrons. The van der Waals surface area contributed by atoms with Crippen LogP contribution in [0.15, 0.2) is 0 Å². The van der Waals surface area contributed by atoms with Crippen LogP contribution in [0.4, 0.5) is 0 Å². The van der Waals surface area contributed by atoms with Crippen molar-refractivity contribution in [2.75, 3.05) is 26.2 Å². The summed E-state index contributed by atoms with van der Waals surface area (Å²) in [4.78, 5) is 2.57. The van der Waals surface area contributed by atoms with Gasteiger partial charge in [-0.05, 0) is 38.3 Å². The summed E-state index contributed by atoms with van der Waals surface area (Å²) < 4.78 is 0. The lowest BCUT2D eigenvalue weighted by molar-refractivity contribution is 0.256. The minimum atomic E-state index is 0.795. The molecule has 0 radical (unpaired) electrons. The van der Waals surface area contributed by atoms with Crippen LogP contribution in [0, 0.1) is 5.92 Å². The van der Waals surface area contributed by atoms with Crippen LogP contribution in [0.5, 0.6) is 0 Å². The van der Waals surface area contributed by atoms with E-state index in [1.165, 1.54) is 64.7 Å². The van der Waals surface area contributed by atoms with E-state index in [1.54, 1.807) is 0 Å². The molecule has 17 heavy (non-hydrogen) atoms. The van der Waals surface area contributed by atoms with Crippen LogP contribution in [0.3, 0.4) is 0 Å². The van der Waals surface area contributed by atoms with Crippen LogP contribution in [0.2, 0.25) is 0 Å². The van der Waals surface area contributed by atoms with Gasteiger partial charge in [0.05, 0.1) is 0 Å². The lowest BCUT2D eigenvalue weighted by Crippen LogP contribution is -2.39. The second-order valence-corrected chi connectivity index (χ2v) is 5.71.